The van der Waals surface area contributed by atoms with Crippen LogP contribution in [0.2, 0.25) is 0 Å². The summed E-state index contributed by atoms with van der Waals surface area (Å²) in [4.78, 5) is 26.9. The summed E-state index contributed by atoms with van der Waals surface area (Å²) in [6.07, 6.45) is 1.97. The van der Waals surface area contributed by atoms with E-state index in [-0.39, 0.29) is 11.5 Å². The van der Waals surface area contributed by atoms with Crippen molar-refractivity contribution < 1.29 is 9.72 Å². The molecule has 1 aromatic heterocycles. The van der Waals surface area contributed by atoms with Crippen LogP contribution in [0.4, 0.5) is 10.7 Å². The monoisotopic (exact) mass is 297 g/mol. The Morgan fingerprint density at radius 2 is 2.10 bits per heavy atom. The van der Waals surface area contributed by atoms with Crippen LogP contribution in [0.5, 0.6) is 0 Å². The van der Waals surface area contributed by atoms with Crippen molar-refractivity contribution in [1.82, 2.24) is 4.90 Å². The molecule has 0 radical (unpaired) electrons. The Morgan fingerprint density at radius 1 is 1.50 bits per heavy atom. The molecule has 20 heavy (non-hydrogen) atoms. The Labute approximate surface area is 122 Å². The van der Waals surface area contributed by atoms with Crippen LogP contribution in [0.25, 0.3) is 0 Å². The fourth-order valence-corrected chi connectivity index (χ4v) is 3.53. The van der Waals surface area contributed by atoms with Gasteiger partial charge in [-0.05, 0) is 39.9 Å². The van der Waals surface area contributed by atoms with Gasteiger partial charge in [0, 0.05) is 19.2 Å². The molecule has 1 fully saturated rings. The zero-order valence-corrected chi connectivity index (χ0v) is 12.8. The number of likely N-dealkylation sites (tertiary alicyclic amines) is 1. The van der Waals surface area contributed by atoms with E-state index in [1.54, 1.807) is 0 Å². The number of hydrogen-bond donors (Lipinski definition) is 0. The molecule has 0 atom stereocenters. The SMILES string of the molecule is CC(=O)c1cc([N+](=O)[O-])c(N(C)C2CCN(C)CC2)s1. The van der Waals surface area contributed by atoms with Gasteiger partial charge in [-0.2, -0.15) is 0 Å². The smallest absolute Gasteiger partial charge is 0.304 e. The van der Waals surface area contributed by atoms with Crippen molar-refractivity contribution in [2.45, 2.75) is 25.8 Å². The third-order valence-corrected chi connectivity index (χ3v) is 5.11. The zero-order chi connectivity index (χ0) is 14.9. The van der Waals surface area contributed by atoms with Gasteiger partial charge in [-0.15, -0.1) is 11.3 Å². The Balaban J connectivity index is 2.26. The molecule has 1 aliphatic rings. The maximum absolute atomic E-state index is 11.4. The molecule has 0 saturated carbocycles. The minimum atomic E-state index is -0.399. The standard InChI is InChI=1S/C13H19N3O3S/c1-9(17)12-8-11(16(18)19)13(20-12)15(3)10-4-6-14(2)7-5-10/h8,10H,4-7H2,1-3H3. The minimum absolute atomic E-state index is 0.0432. The normalized spacial score (nSPS) is 17.1. The lowest BCUT2D eigenvalue weighted by Gasteiger charge is -2.35. The highest BCUT2D eigenvalue weighted by molar-refractivity contribution is 7.18. The van der Waals surface area contributed by atoms with Gasteiger partial charge in [-0.25, -0.2) is 0 Å². The van der Waals surface area contributed by atoms with E-state index in [2.05, 4.69) is 11.9 Å². The molecule has 0 aliphatic carbocycles. The number of piperidine rings is 1. The van der Waals surface area contributed by atoms with Gasteiger partial charge in [0.1, 0.15) is 0 Å². The van der Waals surface area contributed by atoms with Crippen molar-refractivity contribution in [2.75, 3.05) is 32.1 Å². The summed E-state index contributed by atoms with van der Waals surface area (Å²) in [5.74, 6) is -0.124. The number of Topliss-reactive ketones (excluding diaryl/α,β-unsaturated/α-hetero) is 1. The minimum Gasteiger partial charge on any atom is -0.358 e. The Morgan fingerprint density at radius 3 is 2.60 bits per heavy atom. The second-order valence-electron chi connectivity index (χ2n) is 5.26. The van der Waals surface area contributed by atoms with Gasteiger partial charge in [0.15, 0.2) is 10.8 Å². The molecule has 2 heterocycles. The average Bonchev–Trinajstić information content (AvgIpc) is 2.84. The van der Waals surface area contributed by atoms with Crippen LogP contribution in [0.15, 0.2) is 6.07 Å². The highest BCUT2D eigenvalue weighted by Gasteiger charge is 2.29. The van der Waals surface area contributed by atoms with Crippen molar-refractivity contribution in [1.29, 1.82) is 0 Å². The maximum Gasteiger partial charge on any atom is 0.304 e. The van der Waals surface area contributed by atoms with Gasteiger partial charge in [-0.3, -0.25) is 14.9 Å². The lowest BCUT2D eigenvalue weighted by Crippen LogP contribution is -2.41. The molecule has 1 aliphatic heterocycles. The van der Waals surface area contributed by atoms with E-state index in [0.29, 0.717) is 15.9 Å². The number of carbonyl (C=O) groups is 1. The molecule has 2 rings (SSSR count). The Hall–Kier alpha value is -1.47. The molecule has 7 heteroatoms. The van der Waals surface area contributed by atoms with Gasteiger partial charge in [0.05, 0.1) is 9.80 Å². The van der Waals surface area contributed by atoms with Crippen LogP contribution in [0.3, 0.4) is 0 Å². The van der Waals surface area contributed by atoms with Crippen LogP contribution in [0, 0.1) is 10.1 Å². The molecule has 0 bridgehead atoms. The lowest BCUT2D eigenvalue weighted by atomic mass is 10.0. The molecular formula is C13H19N3O3S. The van der Waals surface area contributed by atoms with Crippen LogP contribution < -0.4 is 4.90 Å². The van der Waals surface area contributed by atoms with Crippen molar-refractivity contribution in [3.63, 3.8) is 0 Å². The molecule has 6 nitrogen and oxygen atoms in total. The fourth-order valence-electron chi connectivity index (χ4n) is 2.48. The highest BCUT2D eigenvalue weighted by atomic mass is 32.1. The predicted octanol–water partition coefficient (Wildman–Crippen LogP) is 2.39. The number of hydrogen-bond acceptors (Lipinski definition) is 6. The van der Waals surface area contributed by atoms with E-state index >= 15 is 0 Å². The second-order valence-corrected chi connectivity index (χ2v) is 6.29. The van der Waals surface area contributed by atoms with E-state index in [1.165, 1.54) is 24.3 Å². The molecule has 0 N–H and O–H groups in total. The summed E-state index contributed by atoms with van der Waals surface area (Å²) in [6.45, 7) is 3.43. The number of thiophene rings is 1. The summed E-state index contributed by atoms with van der Waals surface area (Å²) >= 11 is 1.22. The van der Waals surface area contributed by atoms with E-state index in [4.69, 9.17) is 0 Å². The molecule has 110 valence electrons. The van der Waals surface area contributed by atoms with E-state index in [1.807, 2.05) is 11.9 Å². The van der Waals surface area contributed by atoms with Gasteiger partial charge in [-0.1, -0.05) is 0 Å². The number of nitrogens with zero attached hydrogens (tertiary/aromatic N) is 3. The molecule has 0 spiro atoms. The summed E-state index contributed by atoms with van der Waals surface area (Å²) in [5, 5.41) is 11.8. The predicted molar refractivity (Wildman–Crippen MR) is 79.9 cm³/mol. The van der Waals surface area contributed by atoms with E-state index in [9.17, 15) is 14.9 Å². The van der Waals surface area contributed by atoms with E-state index in [0.717, 1.165) is 25.9 Å². The summed E-state index contributed by atoms with van der Waals surface area (Å²) in [5.41, 5.74) is 0.0432. The van der Waals surface area contributed by atoms with Gasteiger partial charge in [0.25, 0.3) is 0 Å². The van der Waals surface area contributed by atoms with Gasteiger partial charge >= 0.3 is 5.69 Å². The van der Waals surface area contributed by atoms with Crippen molar-refractivity contribution in [3.8, 4) is 0 Å². The highest BCUT2D eigenvalue weighted by Crippen LogP contribution is 2.39. The fraction of sp³-hybridized carbons (Fsp3) is 0.615. The van der Waals surface area contributed by atoms with Crippen LogP contribution in [-0.2, 0) is 0 Å². The van der Waals surface area contributed by atoms with Crippen molar-refractivity contribution >= 4 is 27.8 Å². The summed E-state index contributed by atoms with van der Waals surface area (Å²) in [6, 6.07) is 1.69. The third kappa shape index (κ3) is 2.99. The first-order chi connectivity index (χ1) is 9.40. The van der Waals surface area contributed by atoms with Gasteiger partial charge in [0.2, 0.25) is 0 Å². The van der Waals surface area contributed by atoms with Gasteiger partial charge < -0.3 is 9.80 Å². The zero-order valence-electron chi connectivity index (χ0n) is 12.0. The molecule has 1 aromatic rings. The van der Waals surface area contributed by atoms with Crippen molar-refractivity contribution in [3.05, 3.63) is 21.1 Å². The molecule has 0 unspecified atom stereocenters. The second kappa shape index (κ2) is 5.88. The average molecular weight is 297 g/mol. The first kappa shape index (κ1) is 14.9. The largest absolute Gasteiger partial charge is 0.358 e. The van der Waals surface area contributed by atoms with E-state index < -0.39 is 4.92 Å². The molecule has 0 amide bonds. The van der Waals surface area contributed by atoms with Crippen molar-refractivity contribution in [2.24, 2.45) is 0 Å². The first-order valence-corrected chi connectivity index (χ1v) is 7.42. The summed E-state index contributed by atoms with van der Waals surface area (Å²) in [7, 11) is 3.97. The Kier molecular flexibility index (Phi) is 4.39. The maximum atomic E-state index is 11.4. The number of anilines is 1. The molecule has 1 saturated heterocycles. The topological polar surface area (TPSA) is 66.7 Å². The number of ketones is 1. The number of nitro groups is 1. The van der Waals surface area contributed by atoms with Crippen LogP contribution in [-0.4, -0.2) is 48.8 Å². The molecular weight excluding hydrogens is 278 g/mol. The summed E-state index contributed by atoms with van der Waals surface area (Å²) < 4.78 is 0. The molecule has 0 aromatic carbocycles. The lowest BCUT2D eigenvalue weighted by molar-refractivity contribution is -0.383. The third-order valence-electron chi connectivity index (χ3n) is 3.79. The quantitative estimate of drug-likeness (QED) is 0.485. The van der Waals surface area contributed by atoms with Crippen LogP contribution >= 0.6 is 11.3 Å². The van der Waals surface area contributed by atoms with Crippen LogP contribution in [0.1, 0.15) is 29.4 Å². The Bertz CT molecular complexity index is 521. The number of carbonyl (C=O) groups excluding carboxylic acids is 1. The number of rotatable bonds is 4. The first-order valence-electron chi connectivity index (χ1n) is 6.60.